The number of nitrogens with one attached hydrogen (secondary N) is 1. The smallest absolute Gasteiger partial charge is 0.325 e. The van der Waals surface area contributed by atoms with Crippen molar-refractivity contribution in [1.29, 1.82) is 0 Å². The molecule has 1 heterocycles. The summed E-state index contributed by atoms with van der Waals surface area (Å²) in [4.78, 5) is 15.5. The number of aliphatic carboxylic acids is 1. The minimum Gasteiger partial charge on any atom is -0.480 e. The predicted molar refractivity (Wildman–Crippen MR) is 82.0 cm³/mol. The van der Waals surface area contributed by atoms with Crippen LogP contribution in [0, 0.1) is 0 Å². The quantitative estimate of drug-likeness (QED) is 0.855. The monoisotopic (exact) mass is 284 g/mol. The van der Waals surface area contributed by atoms with Crippen LogP contribution in [0.15, 0.2) is 48.8 Å². The van der Waals surface area contributed by atoms with Crippen LogP contribution < -0.4 is 5.32 Å². The lowest BCUT2D eigenvalue weighted by Gasteiger charge is -2.16. The van der Waals surface area contributed by atoms with Crippen LogP contribution in [0.3, 0.4) is 0 Å². The van der Waals surface area contributed by atoms with Gasteiger partial charge in [0.2, 0.25) is 0 Å². The molecular formula is C17H20N2O2. The molecule has 21 heavy (non-hydrogen) atoms. The second kappa shape index (κ2) is 6.99. The highest BCUT2D eigenvalue weighted by atomic mass is 16.4. The van der Waals surface area contributed by atoms with Gasteiger partial charge in [-0.25, -0.2) is 0 Å². The molecule has 2 rings (SSSR count). The molecule has 0 saturated carbocycles. The molecule has 0 aliphatic carbocycles. The molecule has 4 nitrogen and oxygen atoms in total. The molecule has 0 amide bonds. The van der Waals surface area contributed by atoms with Crippen LogP contribution in [-0.2, 0) is 11.3 Å². The van der Waals surface area contributed by atoms with E-state index in [1.165, 1.54) is 5.56 Å². The van der Waals surface area contributed by atoms with Crippen molar-refractivity contribution in [3.05, 3.63) is 65.5 Å². The first-order valence-corrected chi connectivity index (χ1v) is 7.03. The van der Waals surface area contributed by atoms with Gasteiger partial charge in [0, 0.05) is 18.9 Å². The summed E-state index contributed by atoms with van der Waals surface area (Å²) in [7, 11) is 0. The van der Waals surface area contributed by atoms with E-state index in [9.17, 15) is 9.90 Å². The second-order valence-corrected chi connectivity index (χ2v) is 5.33. The summed E-state index contributed by atoms with van der Waals surface area (Å²) in [5.41, 5.74) is 2.92. The Hall–Kier alpha value is -2.20. The molecule has 1 aromatic heterocycles. The molecule has 0 spiro atoms. The first kappa shape index (κ1) is 15.2. The Balaban J connectivity index is 2.10. The standard InChI is InChI=1S/C17H20N2O2/c1-12(2)14-5-7-15(8-6-14)16(17(20)21)19-11-13-4-3-9-18-10-13/h3-10,12,16,19H,11H2,1-2H3,(H,20,21). The number of carbonyl (C=O) groups is 1. The van der Waals surface area contributed by atoms with E-state index < -0.39 is 12.0 Å². The zero-order chi connectivity index (χ0) is 15.2. The summed E-state index contributed by atoms with van der Waals surface area (Å²) in [5, 5.41) is 12.5. The molecule has 0 aliphatic rings. The highest BCUT2D eigenvalue weighted by Gasteiger charge is 2.19. The molecule has 0 bridgehead atoms. The predicted octanol–water partition coefficient (Wildman–Crippen LogP) is 3.12. The molecule has 0 aliphatic heterocycles. The fraction of sp³-hybridized carbons (Fsp3) is 0.294. The van der Waals surface area contributed by atoms with Crippen molar-refractivity contribution in [2.45, 2.75) is 32.4 Å². The van der Waals surface area contributed by atoms with Gasteiger partial charge in [-0.3, -0.25) is 15.1 Å². The van der Waals surface area contributed by atoms with Gasteiger partial charge in [0.25, 0.3) is 0 Å². The van der Waals surface area contributed by atoms with Gasteiger partial charge in [-0.1, -0.05) is 44.2 Å². The van der Waals surface area contributed by atoms with Gasteiger partial charge in [0.05, 0.1) is 0 Å². The molecule has 0 radical (unpaired) electrons. The lowest BCUT2D eigenvalue weighted by molar-refractivity contribution is -0.139. The number of hydrogen-bond acceptors (Lipinski definition) is 3. The van der Waals surface area contributed by atoms with Crippen molar-refractivity contribution in [1.82, 2.24) is 10.3 Å². The third-order valence-corrected chi connectivity index (χ3v) is 3.42. The molecule has 0 saturated heterocycles. The SMILES string of the molecule is CC(C)c1ccc(C(NCc2cccnc2)C(=O)O)cc1. The van der Waals surface area contributed by atoms with Crippen LogP contribution in [0.25, 0.3) is 0 Å². The van der Waals surface area contributed by atoms with Gasteiger partial charge in [-0.15, -0.1) is 0 Å². The average Bonchev–Trinajstić information content (AvgIpc) is 2.48. The summed E-state index contributed by atoms with van der Waals surface area (Å²) >= 11 is 0. The Morgan fingerprint density at radius 3 is 2.38 bits per heavy atom. The molecular weight excluding hydrogens is 264 g/mol. The molecule has 0 fully saturated rings. The van der Waals surface area contributed by atoms with E-state index in [0.29, 0.717) is 12.5 Å². The number of benzene rings is 1. The number of aromatic nitrogens is 1. The zero-order valence-electron chi connectivity index (χ0n) is 12.3. The Morgan fingerprint density at radius 2 is 1.86 bits per heavy atom. The zero-order valence-corrected chi connectivity index (χ0v) is 12.3. The fourth-order valence-electron chi connectivity index (χ4n) is 2.14. The van der Waals surface area contributed by atoms with Crippen molar-refractivity contribution < 1.29 is 9.90 Å². The van der Waals surface area contributed by atoms with Crippen molar-refractivity contribution in [2.24, 2.45) is 0 Å². The van der Waals surface area contributed by atoms with Crippen LogP contribution in [0.1, 0.15) is 42.5 Å². The van der Waals surface area contributed by atoms with Gasteiger partial charge >= 0.3 is 5.97 Å². The van der Waals surface area contributed by atoms with E-state index in [-0.39, 0.29) is 0 Å². The number of carboxylic acid groups (broad SMARTS) is 1. The lowest BCUT2D eigenvalue weighted by atomic mass is 9.99. The molecule has 1 atom stereocenters. The van der Waals surface area contributed by atoms with Gasteiger partial charge < -0.3 is 5.11 Å². The number of pyridine rings is 1. The molecule has 2 aromatic rings. The van der Waals surface area contributed by atoms with E-state index in [1.807, 2.05) is 36.4 Å². The van der Waals surface area contributed by atoms with Crippen LogP contribution in [-0.4, -0.2) is 16.1 Å². The summed E-state index contributed by atoms with van der Waals surface area (Å²) in [6.45, 7) is 4.70. The summed E-state index contributed by atoms with van der Waals surface area (Å²) < 4.78 is 0. The molecule has 1 unspecified atom stereocenters. The summed E-state index contributed by atoms with van der Waals surface area (Å²) in [6.07, 6.45) is 3.43. The van der Waals surface area contributed by atoms with Crippen LogP contribution in [0.5, 0.6) is 0 Å². The summed E-state index contributed by atoms with van der Waals surface area (Å²) in [6, 6.07) is 10.8. The lowest BCUT2D eigenvalue weighted by Crippen LogP contribution is -2.28. The highest BCUT2D eigenvalue weighted by Crippen LogP contribution is 2.19. The Bertz CT molecular complexity index is 579. The number of rotatable bonds is 6. The van der Waals surface area contributed by atoms with Crippen molar-refractivity contribution in [3.8, 4) is 0 Å². The van der Waals surface area contributed by atoms with Gasteiger partial charge in [-0.05, 0) is 28.7 Å². The molecule has 1 aromatic carbocycles. The van der Waals surface area contributed by atoms with E-state index in [1.54, 1.807) is 12.4 Å². The first-order chi connectivity index (χ1) is 10.1. The average molecular weight is 284 g/mol. The number of carboxylic acids is 1. The Labute approximate surface area is 124 Å². The van der Waals surface area contributed by atoms with Crippen molar-refractivity contribution >= 4 is 5.97 Å². The first-order valence-electron chi connectivity index (χ1n) is 7.03. The van der Waals surface area contributed by atoms with Crippen molar-refractivity contribution in [3.63, 3.8) is 0 Å². The van der Waals surface area contributed by atoms with Crippen LogP contribution >= 0.6 is 0 Å². The second-order valence-electron chi connectivity index (χ2n) is 5.33. The number of hydrogen-bond donors (Lipinski definition) is 2. The van der Waals surface area contributed by atoms with Gasteiger partial charge in [-0.2, -0.15) is 0 Å². The van der Waals surface area contributed by atoms with E-state index in [2.05, 4.69) is 24.1 Å². The van der Waals surface area contributed by atoms with E-state index in [4.69, 9.17) is 0 Å². The van der Waals surface area contributed by atoms with Crippen molar-refractivity contribution in [2.75, 3.05) is 0 Å². The van der Waals surface area contributed by atoms with Gasteiger partial charge in [0.1, 0.15) is 6.04 Å². The van der Waals surface area contributed by atoms with Crippen LogP contribution in [0.2, 0.25) is 0 Å². The minimum absolute atomic E-state index is 0.436. The number of nitrogens with zero attached hydrogens (tertiary/aromatic N) is 1. The van der Waals surface area contributed by atoms with E-state index in [0.717, 1.165) is 11.1 Å². The maximum absolute atomic E-state index is 11.5. The fourth-order valence-corrected chi connectivity index (χ4v) is 2.14. The Kier molecular flexibility index (Phi) is 5.06. The van der Waals surface area contributed by atoms with Crippen LogP contribution in [0.4, 0.5) is 0 Å². The maximum Gasteiger partial charge on any atom is 0.325 e. The summed E-state index contributed by atoms with van der Waals surface area (Å²) in [5.74, 6) is -0.443. The van der Waals surface area contributed by atoms with E-state index >= 15 is 0 Å². The largest absolute Gasteiger partial charge is 0.480 e. The maximum atomic E-state index is 11.5. The highest BCUT2D eigenvalue weighted by molar-refractivity contribution is 5.75. The molecule has 110 valence electrons. The van der Waals surface area contributed by atoms with Gasteiger partial charge in [0.15, 0.2) is 0 Å². The Morgan fingerprint density at radius 1 is 1.19 bits per heavy atom. The third-order valence-electron chi connectivity index (χ3n) is 3.42. The third kappa shape index (κ3) is 4.13. The normalized spacial score (nSPS) is 12.3. The molecule has 4 heteroatoms. The molecule has 2 N–H and O–H groups in total. The minimum atomic E-state index is -0.879. The topological polar surface area (TPSA) is 62.2 Å².